The molecule has 0 saturated carbocycles. The van der Waals surface area contributed by atoms with Gasteiger partial charge in [-0.1, -0.05) is 237 Å². The summed E-state index contributed by atoms with van der Waals surface area (Å²) < 4.78 is 0. The lowest BCUT2D eigenvalue weighted by atomic mass is 9.87. The van der Waals surface area contributed by atoms with Crippen molar-refractivity contribution in [2.45, 2.75) is 239 Å². The Morgan fingerprint density at radius 3 is 1.11 bits per heavy atom. The molecule has 0 aliphatic heterocycles. The van der Waals surface area contributed by atoms with Crippen LogP contribution < -0.4 is 0 Å². The molecule has 0 N–H and O–H groups in total. The maximum atomic E-state index is 5.41. The maximum Gasteiger partial charge on any atom is 0.0639 e. The number of hydrogen-bond donors (Lipinski definition) is 0. The van der Waals surface area contributed by atoms with E-state index in [4.69, 9.17) is 4.99 Å². The summed E-state index contributed by atoms with van der Waals surface area (Å²) in [6, 6.07) is 11.0. The van der Waals surface area contributed by atoms with Crippen molar-refractivity contribution < 1.29 is 0 Å². The zero-order chi connectivity index (χ0) is 33.0. The van der Waals surface area contributed by atoms with Gasteiger partial charge in [0.2, 0.25) is 0 Å². The molecule has 0 aliphatic rings. The Kier molecular flexibility index (Phi) is 32.8. The van der Waals surface area contributed by atoms with Gasteiger partial charge in [0, 0.05) is 5.71 Å². The van der Waals surface area contributed by atoms with Crippen LogP contribution in [0.4, 0.5) is 0 Å². The predicted molar refractivity (Wildman–Crippen MR) is 210 cm³/mol. The number of unbranched alkanes of at least 4 members (excludes halogenated alkanes) is 27. The second-order valence-corrected chi connectivity index (χ2v) is 14.9. The number of hydrogen-bond acceptors (Lipinski definition) is 1. The van der Waals surface area contributed by atoms with E-state index in [-0.39, 0.29) is 0 Å². The van der Waals surface area contributed by atoms with Gasteiger partial charge in [0.05, 0.1) is 6.54 Å². The first-order valence-corrected chi connectivity index (χ1v) is 21.4. The third-order valence-corrected chi connectivity index (χ3v) is 10.4. The van der Waals surface area contributed by atoms with Crippen LogP contribution in [0.2, 0.25) is 0 Å². The molecular weight excluding hydrogens is 555 g/mol. The molecule has 268 valence electrons. The molecule has 1 nitrogen and oxygen atoms in total. The van der Waals surface area contributed by atoms with Gasteiger partial charge in [0.15, 0.2) is 0 Å². The van der Waals surface area contributed by atoms with E-state index in [0.29, 0.717) is 5.92 Å². The van der Waals surface area contributed by atoms with E-state index >= 15 is 0 Å². The molecule has 0 spiro atoms. The fraction of sp³-hybridized carbons (Fsp3) is 0.844. The monoisotopic (exact) mass is 638 g/mol. The van der Waals surface area contributed by atoms with Gasteiger partial charge in [-0.2, -0.15) is 0 Å². The zero-order valence-electron chi connectivity index (χ0n) is 32.0. The minimum absolute atomic E-state index is 0.713. The van der Waals surface area contributed by atoms with Gasteiger partial charge in [0.1, 0.15) is 0 Å². The van der Waals surface area contributed by atoms with Gasteiger partial charge in [-0.05, 0) is 37.2 Å². The Morgan fingerprint density at radius 2 is 0.739 bits per heavy atom. The summed E-state index contributed by atoms with van der Waals surface area (Å²) in [5, 5.41) is 0. The average Bonchev–Trinajstić information content (AvgIpc) is 3.08. The molecule has 0 unspecified atom stereocenters. The van der Waals surface area contributed by atoms with E-state index in [1.165, 1.54) is 217 Å². The number of aliphatic imine (C=N–C) groups is 1. The van der Waals surface area contributed by atoms with Crippen LogP contribution in [0.3, 0.4) is 0 Å². The largest absolute Gasteiger partial charge is 0.289 e. The molecule has 0 radical (unpaired) electrons. The first-order valence-electron chi connectivity index (χ1n) is 21.4. The van der Waals surface area contributed by atoms with Crippen LogP contribution in [0.1, 0.15) is 238 Å². The quantitative estimate of drug-likeness (QED) is 0.0513. The van der Waals surface area contributed by atoms with E-state index < -0.39 is 0 Å². The Morgan fingerprint density at radius 1 is 0.413 bits per heavy atom. The summed E-state index contributed by atoms with van der Waals surface area (Å²) in [5.74, 6) is 0.713. The first kappa shape index (κ1) is 42.9. The minimum Gasteiger partial charge on any atom is -0.289 e. The average molecular weight is 638 g/mol. The molecule has 0 amide bonds. The number of benzene rings is 1. The van der Waals surface area contributed by atoms with Crippen molar-refractivity contribution in [1.82, 2.24) is 0 Å². The van der Waals surface area contributed by atoms with Crippen LogP contribution in [0.15, 0.2) is 35.3 Å². The molecule has 0 heterocycles. The molecule has 0 aromatic heterocycles. The van der Waals surface area contributed by atoms with Crippen LogP contribution in [0.25, 0.3) is 0 Å². The molecule has 1 rings (SSSR count). The molecule has 0 aliphatic carbocycles. The fourth-order valence-electron chi connectivity index (χ4n) is 7.22. The number of nitrogens with zero attached hydrogens (tertiary/aromatic N) is 1. The Labute approximate surface area is 291 Å². The standard InChI is InChI=1S/C45H83N/c1-4-7-10-13-16-19-22-25-28-34-39-44(40-35-29-26-23-20-17-14-11-8-5-2)45(46-42-43-37-32-31-33-38-43)41-36-30-27-24-21-18-15-12-9-6-3/h31-33,37-38,44H,4-30,34-36,39-42H2,1-3H3. The van der Waals surface area contributed by atoms with Crippen LogP contribution >= 0.6 is 0 Å². The molecule has 0 bridgehead atoms. The highest BCUT2D eigenvalue weighted by atomic mass is 14.7. The van der Waals surface area contributed by atoms with Crippen molar-refractivity contribution in [2.24, 2.45) is 10.9 Å². The van der Waals surface area contributed by atoms with Gasteiger partial charge in [-0.3, -0.25) is 4.99 Å². The zero-order valence-corrected chi connectivity index (χ0v) is 32.0. The molecule has 0 saturated heterocycles. The Balaban J connectivity index is 2.60. The molecule has 1 aromatic carbocycles. The van der Waals surface area contributed by atoms with E-state index in [2.05, 4.69) is 51.1 Å². The molecule has 0 fully saturated rings. The van der Waals surface area contributed by atoms with E-state index in [9.17, 15) is 0 Å². The van der Waals surface area contributed by atoms with Crippen molar-refractivity contribution in [3.63, 3.8) is 0 Å². The Bertz CT molecular complexity index is 713. The highest BCUT2D eigenvalue weighted by Crippen LogP contribution is 2.25. The summed E-state index contributed by atoms with van der Waals surface area (Å²) >= 11 is 0. The van der Waals surface area contributed by atoms with Gasteiger partial charge in [-0.15, -0.1) is 0 Å². The Hall–Kier alpha value is -1.11. The smallest absolute Gasteiger partial charge is 0.0639 e. The molecule has 0 atom stereocenters. The maximum absolute atomic E-state index is 5.41. The van der Waals surface area contributed by atoms with Crippen molar-refractivity contribution >= 4 is 5.71 Å². The van der Waals surface area contributed by atoms with Crippen LogP contribution in [0, 0.1) is 5.92 Å². The third-order valence-electron chi connectivity index (χ3n) is 10.4. The lowest BCUT2D eigenvalue weighted by Gasteiger charge is -2.20. The molecule has 1 heteroatoms. The highest BCUT2D eigenvalue weighted by Gasteiger charge is 2.16. The van der Waals surface area contributed by atoms with Crippen molar-refractivity contribution in [3.8, 4) is 0 Å². The highest BCUT2D eigenvalue weighted by molar-refractivity contribution is 5.86. The van der Waals surface area contributed by atoms with Crippen molar-refractivity contribution in [2.75, 3.05) is 0 Å². The normalized spacial score (nSPS) is 12.0. The van der Waals surface area contributed by atoms with Gasteiger partial charge in [-0.25, -0.2) is 0 Å². The van der Waals surface area contributed by atoms with E-state index in [1.807, 2.05) is 0 Å². The lowest BCUT2D eigenvalue weighted by molar-refractivity contribution is 0.471. The summed E-state index contributed by atoms with van der Waals surface area (Å²) in [5.41, 5.74) is 2.95. The van der Waals surface area contributed by atoms with Crippen molar-refractivity contribution in [1.29, 1.82) is 0 Å². The fourth-order valence-corrected chi connectivity index (χ4v) is 7.22. The topological polar surface area (TPSA) is 12.4 Å². The third kappa shape index (κ3) is 28.0. The van der Waals surface area contributed by atoms with Crippen molar-refractivity contribution in [3.05, 3.63) is 35.9 Å². The first-order chi connectivity index (χ1) is 22.8. The molecule has 1 aromatic rings. The van der Waals surface area contributed by atoms with Crippen LogP contribution in [-0.2, 0) is 6.54 Å². The number of rotatable bonds is 36. The lowest BCUT2D eigenvalue weighted by Crippen LogP contribution is -2.16. The summed E-state index contributed by atoms with van der Waals surface area (Å²) in [4.78, 5) is 5.41. The van der Waals surface area contributed by atoms with E-state index in [0.717, 1.165) is 6.54 Å². The predicted octanol–water partition coefficient (Wildman–Crippen LogP) is 16.2. The second-order valence-electron chi connectivity index (χ2n) is 14.9. The van der Waals surface area contributed by atoms with Gasteiger partial charge >= 0.3 is 0 Å². The summed E-state index contributed by atoms with van der Waals surface area (Å²) in [6.45, 7) is 7.83. The molecule has 46 heavy (non-hydrogen) atoms. The SMILES string of the molecule is CCCCCCCCCCCCC(=NCc1ccccc1)C(CCCCCCCCCCCC)CCCCCCCCCCCC. The molecular formula is C45H83N. The summed E-state index contributed by atoms with van der Waals surface area (Å²) in [7, 11) is 0. The van der Waals surface area contributed by atoms with Gasteiger partial charge in [0.25, 0.3) is 0 Å². The van der Waals surface area contributed by atoms with Crippen LogP contribution in [0.5, 0.6) is 0 Å². The van der Waals surface area contributed by atoms with Gasteiger partial charge < -0.3 is 0 Å². The minimum atomic E-state index is 0.713. The summed E-state index contributed by atoms with van der Waals surface area (Å²) in [6.07, 6.45) is 46.7. The van der Waals surface area contributed by atoms with E-state index in [1.54, 1.807) is 5.71 Å². The van der Waals surface area contributed by atoms with Crippen LogP contribution in [-0.4, -0.2) is 5.71 Å². The second kappa shape index (κ2) is 35.2.